The van der Waals surface area contributed by atoms with Crippen molar-refractivity contribution in [1.82, 2.24) is 0 Å². The number of carbonyl (C=O) groups excluding carboxylic acids is 1. The normalized spacial score (nSPS) is 10.6. The molecule has 3 rings (SSSR count). The Hall–Kier alpha value is -2.14. The van der Waals surface area contributed by atoms with Gasteiger partial charge in [-0.05, 0) is 56.3 Å². The topological polar surface area (TPSA) is 38.3 Å². The first kappa shape index (κ1) is 21.6. The van der Waals surface area contributed by atoms with E-state index in [0.717, 1.165) is 11.3 Å². The summed E-state index contributed by atoms with van der Waals surface area (Å²) < 4.78 is 5.75. The van der Waals surface area contributed by atoms with Crippen molar-refractivity contribution in [2.45, 2.75) is 24.5 Å². The van der Waals surface area contributed by atoms with E-state index >= 15 is 0 Å². The molecule has 1 N–H and O–H groups in total. The lowest BCUT2D eigenvalue weighted by molar-refractivity contribution is 0.102. The van der Waals surface area contributed by atoms with Crippen LogP contribution in [-0.2, 0) is 5.75 Å². The second-order valence-electron chi connectivity index (χ2n) is 6.41. The molecule has 3 aromatic rings. The Morgan fingerprint density at radius 2 is 1.83 bits per heavy atom. The van der Waals surface area contributed by atoms with Crippen LogP contribution in [0.25, 0.3) is 0 Å². The van der Waals surface area contributed by atoms with Gasteiger partial charge in [0.15, 0.2) is 0 Å². The Bertz CT molecular complexity index is 1010. The van der Waals surface area contributed by atoms with Crippen LogP contribution in [0.5, 0.6) is 5.75 Å². The minimum Gasteiger partial charge on any atom is -0.494 e. The third kappa shape index (κ3) is 5.69. The van der Waals surface area contributed by atoms with Crippen LogP contribution in [0, 0.1) is 6.92 Å². The summed E-state index contributed by atoms with van der Waals surface area (Å²) >= 11 is 13.9. The van der Waals surface area contributed by atoms with Gasteiger partial charge in [0.25, 0.3) is 5.91 Å². The van der Waals surface area contributed by atoms with E-state index in [0.29, 0.717) is 33.7 Å². The van der Waals surface area contributed by atoms with E-state index in [2.05, 4.69) is 36.5 Å². The SMILES string of the molecule is CCOc1ccc(C(=O)Nc2cccc(Cl)c2Cl)cc1CSc1ccc(C)cc1. The molecule has 6 heteroatoms. The Labute approximate surface area is 185 Å². The largest absolute Gasteiger partial charge is 0.494 e. The Balaban J connectivity index is 1.80. The van der Waals surface area contributed by atoms with Crippen molar-refractivity contribution in [3.63, 3.8) is 0 Å². The Morgan fingerprint density at radius 3 is 2.55 bits per heavy atom. The number of rotatable bonds is 7. The van der Waals surface area contributed by atoms with Crippen LogP contribution in [0.2, 0.25) is 10.0 Å². The summed E-state index contributed by atoms with van der Waals surface area (Å²) in [6.07, 6.45) is 0. The number of anilines is 1. The highest BCUT2D eigenvalue weighted by atomic mass is 35.5. The van der Waals surface area contributed by atoms with Gasteiger partial charge >= 0.3 is 0 Å². The van der Waals surface area contributed by atoms with Gasteiger partial charge in [-0.1, -0.05) is 47.0 Å². The average molecular weight is 446 g/mol. The zero-order valence-electron chi connectivity index (χ0n) is 16.2. The third-order valence-electron chi connectivity index (χ3n) is 4.24. The van der Waals surface area contributed by atoms with Gasteiger partial charge in [0.2, 0.25) is 0 Å². The molecule has 0 aliphatic carbocycles. The van der Waals surface area contributed by atoms with Gasteiger partial charge in [-0.3, -0.25) is 4.79 Å². The monoisotopic (exact) mass is 445 g/mol. The number of thioether (sulfide) groups is 1. The van der Waals surface area contributed by atoms with Gasteiger partial charge in [-0.2, -0.15) is 0 Å². The minimum absolute atomic E-state index is 0.251. The third-order valence-corrected chi connectivity index (χ3v) is 6.12. The van der Waals surface area contributed by atoms with Gasteiger partial charge in [0.05, 0.1) is 22.3 Å². The summed E-state index contributed by atoms with van der Waals surface area (Å²) in [5.74, 6) is 1.22. The van der Waals surface area contributed by atoms with Gasteiger partial charge in [-0.25, -0.2) is 0 Å². The molecule has 0 fully saturated rings. The average Bonchev–Trinajstić information content (AvgIpc) is 2.72. The van der Waals surface area contributed by atoms with Crippen molar-refractivity contribution in [2.75, 3.05) is 11.9 Å². The molecule has 0 spiro atoms. The highest BCUT2D eigenvalue weighted by Crippen LogP contribution is 2.31. The minimum atomic E-state index is -0.251. The molecule has 3 nitrogen and oxygen atoms in total. The zero-order chi connectivity index (χ0) is 20.8. The second-order valence-corrected chi connectivity index (χ2v) is 8.25. The van der Waals surface area contributed by atoms with E-state index in [9.17, 15) is 4.79 Å². The lowest BCUT2D eigenvalue weighted by atomic mass is 10.1. The lowest BCUT2D eigenvalue weighted by Gasteiger charge is -2.13. The molecule has 0 heterocycles. The molecule has 29 heavy (non-hydrogen) atoms. The summed E-state index contributed by atoms with van der Waals surface area (Å²) in [5, 5.41) is 3.54. The summed E-state index contributed by atoms with van der Waals surface area (Å²) in [5.41, 5.74) is 3.20. The second kappa shape index (κ2) is 10.1. The molecule has 150 valence electrons. The first-order valence-corrected chi connectivity index (χ1v) is 10.9. The van der Waals surface area contributed by atoms with Crippen LogP contribution >= 0.6 is 35.0 Å². The first-order chi connectivity index (χ1) is 14.0. The summed E-state index contributed by atoms with van der Waals surface area (Å²) in [7, 11) is 0. The van der Waals surface area contributed by atoms with E-state index in [1.165, 1.54) is 10.5 Å². The number of nitrogens with one attached hydrogen (secondary N) is 1. The summed E-state index contributed by atoms with van der Waals surface area (Å²) in [4.78, 5) is 13.9. The van der Waals surface area contributed by atoms with Crippen molar-refractivity contribution in [3.05, 3.63) is 87.4 Å². The molecule has 0 radical (unpaired) electrons. The molecule has 0 aliphatic rings. The molecule has 3 aromatic carbocycles. The standard InChI is InChI=1S/C23H21Cl2NO2S/c1-3-28-21-12-9-16(23(27)26-20-6-4-5-19(24)22(20)25)13-17(21)14-29-18-10-7-15(2)8-11-18/h4-13H,3,14H2,1-2H3,(H,26,27). The van der Waals surface area contributed by atoms with Crippen LogP contribution in [0.15, 0.2) is 65.6 Å². The fraction of sp³-hybridized carbons (Fsp3) is 0.174. The van der Waals surface area contributed by atoms with Crippen molar-refractivity contribution >= 4 is 46.6 Å². The molecule has 0 saturated carbocycles. The van der Waals surface area contributed by atoms with Crippen LogP contribution in [0.3, 0.4) is 0 Å². The molecule has 1 amide bonds. The van der Waals surface area contributed by atoms with Gasteiger partial charge in [0, 0.05) is 21.8 Å². The smallest absolute Gasteiger partial charge is 0.255 e. The molecule has 0 unspecified atom stereocenters. The van der Waals surface area contributed by atoms with E-state index in [1.807, 2.05) is 19.1 Å². The highest BCUT2D eigenvalue weighted by molar-refractivity contribution is 7.98. The molecule has 0 aliphatic heterocycles. The number of hydrogen-bond acceptors (Lipinski definition) is 3. The fourth-order valence-electron chi connectivity index (χ4n) is 2.72. The van der Waals surface area contributed by atoms with E-state index in [4.69, 9.17) is 27.9 Å². The molecule has 0 bridgehead atoms. The summed E-state index contributed by atoms with van der Waals surface area (Å²) in [6.45, 7) is 4.57. The first-order valence-electron chi connectivity index (χ1n) is 9.18. The quantitative estimate of drug-likeness (QED) is 0.389. The number of carbonyl (C=O) groups is 1. The molecule has 0 saturated heterocycles. The molecular formula is C23H21Cl2NO2S. The van der Waals surface area contributed by atoms with Crippen molar-refractivity contribution in [2.24, 2.45) is 0 Å². The maximum atomic E-state index is 12.8. The number of hydrogen-bond donors (Lipinski definition) is 1. The number of aryl methyl sites for hydroxylation is 1. The van der Waals surface area contributed by atoms with Crippen LogP contribution in [0.1, 0.15) is 28.4 Å². The van der Waals surface area contributed by atoms with Crippen LogP contribution < -0.4 is 10.1 Å². The molecule has 0 atom stereocenters. The predicted molar refractivity (Wildman–Crippen MR) is 123 cm³/mol. The van der Waals surface area contributed by atoms with Crippen molar-refractivity contribution in [3.8, 4) is 5.75 Å². The maximum Gasteiger partial charge on any atom is 0.255 e. The predicted octanol–water partition coefficient (Wildman–Crippen LogP) is 7.25. The number of ether oxygens (including phenoxy) is 1. The maximum absolute atomic E-state index is 12.8. The van der Waals surface area contributed by atoms with E-state index < -0.39 is 0 Å². The van der Waals surface area contributed by atoms with E-state index in [-0.39, 0.29) is 5.91 Å². The van der Waals surface area contributed by atoms with Gasteiger partial charge < -0.3 is 10.1 Å². The zero-order valence-corrected chi connectivity index (χ0v) is 18.5. The highest BCUT2D eigenvalue weighted by Gasteiger charge is 2.13. The van der Waals surface area contributed by atoms with Gasteiger partial charge in [-0.15, -0.1) is 11.8 Å². The van der Waals surface area contributed by atoms with Crippen LogP contribution in [0.4, 0.5) is 5.69 Å². The molecule has 0 aromatic heterocycles. The van der Waals surface area contributed by atoms with E-state index in [1.54, 1.807) is 36.0 Å². The fourth-order valence-corrected chi connectivity index (χ4v) is 3.94. The number of amides is 1. The number of halogens is 2. The van der Waals surface area contributed by atoms with Crippen LogP contribution in [-0.4, -0.2) is 12.5 Å². The Kier molecular flexibility index (Phi) is 7.48. The molecular weight excluding hydrogens is 425 g/mol. The Morgan fingerprint density at radius 1 is 1.07 bits per heavy atom. The van der Waals surface area contributed by atoms with Crippen molar-refractivity contribution < 1.29 is 9.53 Å². The van der Waals surface area contributed by atoms with Gasteiger partial charge in [0.1, 0.15) is 5.75 Å². The summed E-state index contributed by atoms with van der Waals surface area (Å²) in [6, 6.07) is 18.9. The number of benzene rings is 3. The van der Waals surface area contributed by atoms with Crippen molar-refractivity contribution in [1.29, 1.82) is 0 Å². The lowest BCUT2D eigenvalue weighted by Crippen LogP contribution is -2.13.